The van der Waals surface area contributed by atoms with Crippen LogP contribution < -0.4 is 0 Å². The highest BCUT2D eigenvalue weighted by molar-refractivity contribution is 5.84. The zero-order valence-electron chi connectivity index (χ0n) is 13.2. The summed E-state index contributed by atoms with van der Waals surface area (Å²) in [5, 5.41) is 18.4. The lowest BCUT2D eigenvalue weighted by molar-refractivity contribution is -0.153. The van der Waals surface area contributed by atoms with Gasteiger partial charge >= 0.3 is 11.9 Å². The molecule has 2 unspecified atom stereocenters. The van der Waals surface area contributed by atoms with Gasteiger partial charge in [0.05, 0.1) is 5.92 Å². The highest BCUT2D eigenvalue weighted by atomic mass is 16.4. The van der Waals surface area contributed by atoms with Crippen molar-refractivity contribution in [2.75, 3.05) is 6.54 Å². The molecule has 0 aliphatic carbocycles. The van der Waals surface area contributed by atoms with E-state index in [4.69, 9.17) is 5.11 Å². The second-order valence-electron chi connectivity index (χ2n) is 5.39. The molecule has 0 aromatic heterocycles. The average molecular weight is 301 g/mol. The first-order valence-corrected chi connectivity index (χ1v) is 7.60. The van der Waals surface area contributed by atoms with Gasteiger partial charge in [0, 0.05) is 13.0 Å². The molecule has 0 saturated carbocycles. The first-order chi connectivity index (χ1) is 9.84. The molecule has 2 N–H and O–H groups in total. The summed E-state index contributed by atoms with van der Waals surface area (Å²) in [5.74, 6) is -3.14. The Kier molecular flexibility index (Phi) is 9.41. The van der Waals surface area contributed by atoms with Crippen molar-refractivity contribution in [3.8, 4) is 0 Å². The number of carbonyl (C=O) groups excluding carboxylic acids is 1. The Morgan fingerprint density at radius 2 is 1.57 bits per heavy atom. The summed E-state index contributed by atoms with van der Waals surface area (Å²) in [6.45, 7) is 5.32. The topological polar surface area (TPSA) is 94.9 Å². The number of unbranched alkanes of at least 4 members (excludes halogenated alkanes) is 2. The van der Waals surface area contributed by atoms with Crippen LogP contribution in [0.15, 0.2) is 0 Å². The summed E-state index contributed by atoms with van der Waals surface area (Å²) < 4.78 is 0. The van der Waals surface area contributed by atoms with Crippen LogP contribution in [0.5, 0.6) is 0 Å². The number of nitrogens with zero attached hydrogens (tertiary/aromatic N) is 1. The van der Waals surface area contributed by atoms with Gasteiger partial charge in [-0.2, -0.15) is 0 Å². The first kappa shape index (κ1) is 19.4. The smallest absolute Gasteiger partial charge is 0.326 e. The SMILES string of the molecule is CCCCC(=O)N(CC(C)C(=O)O)C(CCCC)C(=O)O. The highest BCUT2D eigenvalue weighted by Gasteiger charge is 2.31. The Balaban J connectivity index is 5.08. The van der Waals surface area contributed by atoms with Gasteiger partial charge in [0.25, 0.3) is 0 Å². The first-order valence-electron chi connectivity index (χ1n) is 7.60. The lowest BCUT2D eigenvalue weighted by Gasteiger charge is -2.30. The molecule has 21 heavy (non-hydrogen) atoms. The van der Waals surface area contributed by atoms with Crippen molar-refractivity contribution in [3.05, 3.63) is 0 Å². The summed E-state index contributed by atoms with van der Waals surface area (Å²) in [5.41, 5.74) is 0. The third-order valence-corrected chi connectivity index (χ3v) is 3.45. The molecule has 122 valence electrons. The van der Waals surface area contributed by atoms with Gasteiger partial charge in [-0.1, -0.05) is 40.0 Å². The molecule has 0 aromatic rings. The summed E-state index contributed by atoms with van der Waals surface area (Å²) in [7, 11) is 0. The number of carboxylic acids is 2. The summed E-state index contributed by atoms with van der Waals surface area (Å²) in [6.07, 6.45) is 3.65. The zero-order valence-corrected chi connectivity index (χ0v) is 13.2. The quantitative estimate of drug-likeness (QED) is 0.611. The van der Waals surface area contributed by atoms with E-state index in [1.165, 1.54) is 11.8 Å². The zero-order chi connectivity index (χ0) is 16.4. The summed E-state index contributed by atoms with van der Waals surface area (Å²) in [4.78, 5) is 35.9. The van der Waals surface area contributed by atoms with E-state index in [0.717, 1.165) is 12.8 Å². The summed E-state index contributed by atoms with van der Waals surface area (Å²) in [6, 6.07) is -0.934. The molecule has 0 aromatic carbocycles. The fourth-order valence-corrected chi connectivity index (χ4v) is 2.06. The van der Waals surface area contributed by atoms with E-state index in [9.17, 15) is 19.5 Å². The van der Waals surface area contributed by atoms with E-state index >= 15 is 0 Å². The van der Waals surface area contributed by atoms with Crippen molar-refractivity contribution < 1.29 is 24.6 Å². The van der Waals surface area contributed by atoms with Crippen LogP contribution >= 0.6 is 0 Å². The van der Waals surface area contributed by atoms with E-state index in [0.29, 0.717) is 19.3 Å². The average Bonchev–Trinajstić information content (AvgIpc) is 2.43. The third-order valence-electron chi connectivity index (χ3n) is 3.45. The minimum Gasteiger partial charge on any atom is -0.481 e. The number of carboxylic acid groups (broad SMARTS) is 2. The van der Waals surface area contributed by atoms with Gasteiger partial charge in [0.1, 0.15) is 6.04 Å². The molecule has 0 heterocycles. The van der Waals surface area contributed by atoms with Gasteiger partial charge in [0.15, 0.2) is 0 Å². The number of rotatable bonds is 11. The number of amides is 1. The molecule has 0 bridgehead atoms. The van der Waals surface area contributed by atoms with Crippen LogP contribution in [0.3, 0.4) is 0 Å². The Morgan fingerprint density at radius 1 is 1.00 bits per heavy atom. The monoisotopic (exact) mass is 301 g/mol. The molecule has 1 amide bonds. The van der Waals surface area contributed by atoms with Crippen LogP contribution in [-0.2, 0) is 14.4 Å². The fraction of sp³-hybridized carbons (Fsp3) is 0.800. The van der Waals surface area contributed by atoms with Gasteiger partial charge in [-0.15, -0.1) is 0 Å². The molecule has 0 saturated heterocycles. The highest BCUT2D eigenvalue weighted by Crippen LogP contribution is 2.15. The van der Waals surface area contributed by atoms with Crippen LogP contribution in [0.2, 0.25) is 0 Å². The fourth-order valence-electron chi connectivity index (χ4n) is 2.06. The van der Waals surface area contributed by atoms with Crippen LogP contribution in [0.25, 0.3) is 0 Å². The maximum Gasteiger partial charge on any atom is 0.326 e. The molecule has 0 rings (SSSR count). The van der Waals surface area contributed by atoms with Crippen molar-refractivity contribution in [2.45, 2.75) is 65.3 Å². The summed E-state index contributed by atoms with van der Waals surface area (Å²) >= 11 is 0. The molecule has 0 spiro atoms. The van der Waals surface area contributed by atoms with Gasteiger partial charge in [-0.05, 0) is 12.8 Å². The molecule has 0 aliphatic rings. The molecule has 6 nitrogen and oxygen atoms in total. The van der Waals surface area contributed by atoms with E-state index in [-0.39, 0.29) is 18.9 Å². The molecule has 2 atom stereocenters. The van der Waals surface area contributed by atoms with Crippen LogP contribution in [-0.4, -0.2) is 45.5 Å². The second kappa shape index (κ2) is 10.2. The van der Waals surface area contributed by atoms with E-state index in [1.54, 1.807) is 0 Å². The van der Waals surface area contributed by atoms with E-state index < -0.39 is 23.9 Å². The van der Waals surface area contributed by atoms with E-state index in [2.05, 4.69) is 0 Å². The van der Waals surface area contributed by atoms with Crippen molar-refractivity contribution >= 4 is 17.8 Å². The Morgan fingerprint density at radius 3 is 2.00 bits per heavy atom. The lowest BCUT2D eigenvalue weighted by Crippen LogP contribution is -2.48. The van der Waals surface area contributed by atoms with E-state index in [1.807, 2.05) is 13.8 Å². The third kappa shape index (κ3) is 7.11. The largest absolute Gasteiger partial charge is 0.481 e. The molecule has 6 heteroatoms. The maximum absolute atomic E-state index is 12.2. The second-order valence-corrected chi connectivity index (χ2v) is 5.39. The van der Waals surface area contributed by atoms with Gasteiger partial charge in [-0.25, -0.2) is 4.79 Å². The number of hydrogen-bond acceptors (Lipinski definition) is 3. The van der Waals surface area contributed by atoms with Crippen molar-refractivity contribution in [1.29, 1.82) is 0 Å². The van der Waals surface area contributed by atoms with Crippen molar-refractivity contribution in [2.24, 2.45) is 5.92 Å². The standard InChI is InChI=1S/C15H27NO5/c1-4-6-8-12(15(20)21)16(10-11(3)14(18)19)13(17)9-7-5-2/h11-12H,4-10H2,1-3H3,(H,18,19)(H,20,21). The van der Waals surface area contributed by atoms with Crippen LogP contribution in [0, 0.1) is 5.92 Å². The Bertz CT molecular complexity index is 356. The predicted molar refractivity (Wildman–Crippen MR) is 79.0 cm³/mol. The molecule has 0 fully saturated rings. The number of hydrogen-bond donors (Lipinski definition) is 2. The normalized spacial score (nSPS) is 13.5. The Hall–Kier alpha value is -1.59. The predicted octanol–water partition coefficient (Wildman–Crippen LogP) is 2.37. The Labute approximate surface area is 126 Å². The van der Waals surface area contributed by atoms with Crippen LogP contribution in [0.1, 0.15) is 59.3 Å². The maximum atomic E-state index is 12.2. The number of carbonyl (C=O) groups is 3. The molecule has 0 radical (unpaired) electrons. The van der Waals surface area contributed by atoms with Crippen molar-refractivity contribution in [1.82, 2.24) is 4.90 Å². The minimum atomic E-state index is -1.06. The molecular formula is C15H27NO5. The van der Waals surface area contributed by atoms with Crippen LogP contribution in [0.4, 0.5) is 0 Å². The molecular weight excluding hydrogens is 274 g/mol. The molecule has 0 aliphatic heterocycles. The van der Waals surface area contributed by atoms with Gasteiger partial charge < -0.3 is 15.1 Å². The van der Waals surface area contributed by atoms with Crippen molar-refractivity contribution in [3.63, 3.8) is 0 Å². The lowest BCUT2D eigenvalue weighted by atomic mass is 10.0. The van der Waals surface area contributed by atoms with Gasteiger partial charge in [-0.3, -0.25) is 9.59 Å². The van der Waals surface area contributed by atoms with Gasteiger partial charge in [0.2, 0.25) is 5.91 Å². The minimum absolute atomic E-state index is 0.0570. The number of aliphatic carboxylic acids is 2.